The van der Waals surface area contributed by atoms with Crippen LogP contribution in [0.15, 0.2) is 109 Å². The molecule has 0 fully saturated rings. The van der Waals surface area contributed by atoms with E-state index in [2.05, 4.69) is 0 Å². The predicted octanol–water partition coefficient (Wildman–Crippen LogP) is 6.87. The van der Waals surface area contributed by atoms with Crippen LogP contribution in [0.2, 0.25) is 0 Å². The molecule has 0 N–H and O–H groups in total. The Balaban J connectivity index is 0.000000223. The van der Waals surface area contributed by atoms with E-state index in [0.717, 1.165) is 16.9 Å². The molecule has 200 valence electrons. The van der Waals surface area contributed by atoms with E-state index in [4.69, 9.17) is 14.2 Å². The van der Waals surface area contributed by atoms with Crippen LogP contribution in [0, 0.1) is 0 Å². The number of rotatable bonds is 11. The Hall–Kier alpha value is -4.71. The molecule has 4 aromatic carbocycles. The third-order valence-electron chi connectivity index (χ3n) is 5.50. The van der Waals surface area contributed by atoms with Gasteiger partial charge in [-0.3, -0.25) is 14.4 Å². The van der Waals surface area contributed by atoms with Crippen molar-refractivity contribution in [1.29, 1.82) is 0 Å². The van der Waals surface area contributed by atoms with Crippen LogP contribution in [0.4, 0.5) is 0 Å². The Morgan fingerprint density at radius 3 is 1.59 bits per heavy atom. The smallest absolute Gasteiger partial charge is 0.313 e. The number of ketones is 2. The van der Waals surface area contributed by atoms with E-state index in [0.29, 0.717) is 30.1 Å². The van der Waals surface area contributed by atoms with Gasteiger partial charge in [-0.05, 0) is 49.2 Å². The van der Waals surface area contributed by atoms with Crippen LogP contribution in [-0.4, -0.2) is 24.1 Å². The van der Waals surface area contributed by atoms with E-state index < -0.39 is 5.97 Å². The van der Waals surface area contributed by atoms with Crippen LogP contribution in [0.3, 0.4) is 0 Å². The van der Waals surface area contributed by atoms with Crippen LogP contribution in [0.25, 0.3) is 0 Å². The van der Waals surface area contributed by atoms with Crippen LogP contribution < -0.4 is 9.47 Å². The molecule has 0 aliphatic heterocycles. The second-order valence-electron chi connectivity index (χ2n) is 8.57. The lowest BCUT2D eigenvalue weighted by atomic mass is 10.1. The van der Waals surface area contributed by atoms with Gasteiger partial charge in [-0.1, -0.05) is 84.9 Å². The van der Waals surface area contributed by atoms with E-state index in [1.165, 1.54) is 0 Å². The molecule has 0 saturated carbocycles. The molecular formula is C33H32O6. The van der Waals surface area contributed by atoms with Crippen molar-refractivity contribution in [1.82, 2.24) is 0 Å². The number of carbonyl (C=O) groups is 3. The molecule has 6 heteroatoms. The van der Waals surface area contributed by atoms with Crippen molar-refractivity contribution in [2.24, 2.45) is 0 Å². The summed E-state index contributed by atoms with van der Waals surface area (Å²) < 4.78 is 16.1. The summed E-state index contributed by atoms with van der Waals surface area (Å²) in [7, 11) is 0. The SMILES string of the molecule is CC(=O)c1cccc(OCc2ccccc2)c1.CCOC(=O)CC(=O)c1cccc(OCc2ccccc2)c1. The largest absolute Gasteiger partial charge is 0.489 e. The molecular weight excluding hydrogens is 492 g/mol. The molecule has 39 heavy (non-hydrogen) atoms. The van der Waals surface area contributed by atoms with E-state index in [1.54, 1.807) is 50.2 Å². The Kier molecular flexibility index (Phi) is 11.5. The Bertz CT molecular complexity index is 1350. The zero-order valence-corrected chi connectivity index (χ0v) is 22.2. The van der Waals surface area contributed by atoms with Crippen molar-refractivity contribution in [3.8, 4) is 11.5 Å². The third kappa shape index (κ3) is 10.3. The molecule has 0 amide bonds. The third-order valence-corrected chi connectivity index (χ3v) is 5.50. The summed E-state index contributed by atoms with van der Waals surface area (Å²) in [5.41, 5.74) is 3.28. The molecule has 4 rings (SSSR count). The molecule has 6 nitrogen and oxygen atoms in total. The van der Waals surface area contributed by atoms with Gasteiger partial charge in [-0.15, -0.1) is 0 Å². The highest BCUT2D eigenvalue weighted by Crippen LogP contribution is 2.17. The standard InChI is InChI=1S/C18H18O4.C15H14O2/c1-2-21-18(20)12-17(19)15-9-6-10-16(11-15)22-13-14-7-4-3-5-8-14;1-12(16)14-8-5-9-15(10-14)17-11-13-6-3-2-4-7-13/h3-11H,2,12-13H2,1H3;2-10H,11H2,1H3. The van der Waals surface area contributed by atoms with Gasteiger partial charge in [0, 0.05) is 11.1 Å². The lowest BCUT2D eigenvalue weighted by Crippen LogP contribution is -2.11. The predicted molar refractivity (Wildman–Crippen MR) is 150 cm³/mol. The van der Waals surface area contributed by atoms with Crippen molar-refractivity contribution in [2.45, 2.75) is 33.5 Å². The highest BCUT2D eigenvalue weighted by atomic mass is 16.5. The molecule has 0 heterocycles. The second kappa shape index (κ2) is 15.5. The van der Waals surface area contributed by atoms with Crippen LogP contribution >= 0.6 is 0 Å². The molecule has 4 aromatic rings. The molecule has 0 saturated heterocycles. The number of ether oxygens (including phenoxy) is 3. The average molecular weight is 525 g/mol. The summed E-state index contributed by atoms with van der Waals surface area (Å²) in [6, 6.07) is 33.8. The highest BCUT2D eigenvalue weighted by Gasteiger charge is 2.13. The van der Waals surface area contributed by atoms with Crippen LogP contribution in [0.5, 0.6) is 11.5 Å². The number of benzene rings is 4. The first-order valence-electron chi connectivity index (χ1n) is 12.7. The molecule has 0 aliphatic carbocycles. The molecule has 0 aromatic heterocycles. The maximum atomic E-state index is 12.0. The van der Waals surface area contributed by atoms with Gasteiger partial charge < -0.3 is 14.2 Å². The fourth-order valence-corrected chi connectivity index (χ4v) is 3.49. The summed E-state index contributed by atoms with van der Waals surface area (Å²) >= 11 is 0. The van der Waals surface area contributed by atoms with Crippen molar-refractivity contribution in [2.75, 3.05) is 6.61 Å². The van der Waals surface area contributed by atoms with E-state index >= 15 is 0 Å². The Labute approximate surface area is 229 Å². The normalized spacial score (nSPS) is 10.0. The fraction of sp³-hybridized carbons (Fsp3) is 0.182. The topological polar surface area (TPSA) is 78.9 Å². The summed E-state index contributed by atoms with van der Waals surface area (Å²) in [5, 5.41) is 0. The van der Waals surface area contributed by atoms with Crippen molar-refractivity contribution in [3.05, 3.63) is 131 Å². The van der Waals surface area contributed by atoms with Gasteiger partial charge >= 0.3 is 5.97 Å². The van der Waals surface area contributed by atoms with E-state index in [-0.39, 0.29) is 24.6 Å². The van der Waals surface area contributed by atoms with Crippen molar-refractivity contribution < 1.29 is 28.6 Å². The minimum atomic E-state index is -0.511. The van der Waals surface area contributed by atoms with Gasteiger partial charge in [0.1, 0.15) is 31.1 Å². The molecule has 0 atom stereocenters. The quantitative estimate of drug-likeness (QED) is 0.121. The number of hydrogen-bond donors (Lipinski definition) is 0. The molecule has 0 unspecified atom stereocenters. The summed E-state index contributed by atoms with van der Waals surface area (Å²) in [6.45, 7) is 4.47. The number of hydrogen-bond acceptors (Lipinski definition) is 6. The molecule has 0 spiro atoms. The van der Waals surface area contributed by atoms with Gasteiger partial charge in [0.15, 0.2) is 11.6 Å². The number of carbonyl (C=O) groups excluding carboxylic acids is 3. The van der Waals surface area contributed by atoms with Gasteiger partial charge in [0.2, 0.25) is 0 Å². The number of Topliss-reactive ketones (excluding diaryl/α,β-unsaturated/α-hetero) is 2. The maximum absolute atomic E-state index is 12.0. The molecule has 0 bridgehead atoms. The van der Waals surface area contributed by atoms with Crippen molar-refractivity contribution in [3.63, 3.8) is 0 Å². The van der Waals surface area contributed by atoms with E-state index in [9.17, 15) is 14.4 Å². The van der Waals surface area contributed by atoms with Crippen molar-refractivity contribution >= 4 is 17.5 Å². The molecule has 0 aliphatic rings. The lowest BCUT2D eigenvalue weighted by molar-refractivity contribution is -0.141. The zero-order chi connectivity index (χ0) is 27.9. The average Bonchev–Trinajstić information content (AvgIpc) is 2.97. The minimum absolute atomic E-state index is 0.0511. The zero-order valence-electron chi connectivity index (χ0n) is 22.2. The van der Waals surface area contributed by atoms with Gasteiger partial charge in [0.25, 0.3) is 0 Å². The first-order valence-corrected chi connectivity index (χ1v) is 12.7. The van der Waals surface area contributed by atoms with Gasteiger partial charge in [0.05, 0.1) is 6.61 Å². The van der Waals surface area contributed by atoms with Gasteiger partial charge in [-0.25, -0.2) is 0 Å². The Morgan fingerprint density at radius 1 is 0.615 bits per heavy atom. The number of esters is 1. The van der Waals surface area contributed by atoms with E-state index in [1.807, 2.05) is 72.8 Å². The summed E-state index contributed by atoms with van der Waals surface area (Å²) in [4.78, 5) is 34.6. The lowest BCUT2D eigenvalue weighted by Gasteiger charge is -2.08. The minimum Gasteiger partial charge on any atom is -0.489 e. The summed E-state index contributed by atoms with van der Waals surface area (Å²) in [6.07, 6.45) is -0.254. The highest BCUT2D eigenvalue weighted by molar-refractivity contribution is 6.06. The summed E-state index contributed by atoms with van der Waals surface area (Å²) in [5.74, 6) is 0.585. The fourth-order valence-electron chi connectivity index (χ4n) is 3.49. The first kappa shape index (κ1) is 28.9. The molecule has 0 radical (unpaired) electrons. The second-order valence-corrected chi connectivity index (χ2v) is 8.57. The Morgan fingerprint density at radius 2 is 1.10 bits per heavy atom. The maximum Gasteiger partial charge on any atom is 0.313 e. The monoisotopic (exact) mass is 524 g/mol. The van der Waals surface area contributed by atoms with Crippen LogP contribution in [0.1, 0.15) is 52.1 Å². The first-order chi connectivity index (χ1) is 18.9. The van der Waals surface area contributed by atoms with Crippen LogP contribution in [-0.2, 0) is 22.7 Å². The van der Waals surface area contributed by atoms with Gasteiger partial charge in [-0.2, -0.15) is 0 Å².